The maximum absolute atomic E-state index is 15.7. The zero-order valence-corrected chi connectivity index (χ0v) is 48.4. The molecule has 14 rings (SSSR count). The van der Waals surface area contributed by atoms with Gasteiger partial charge in [0.25, 0.3) is 11.8 Å². The highest BCUT2D eigenvalue weighted by Crippen LogP contribution is 2.72. The van der Waals surface area contributed by atoms with Gasteiger partial charge in [-0.1, -0.05) is 79.0 Å². The van der Waals surface area contributed by atoms with Crippen LogP contribution in [0.25, 0.3) is 0 Å². The molecule has 15 heteroatoms. The first-order valence-corrected chi connectivity index (χ1v) is 33.6. The van der Waals surface area contributed by atoms with Gasteiger partial charge in [0.15, 0.2) is 0 Å². The monoisotopic (exact) mass is 1130 g/mol. The highest BCUT2D eigenvalue weighted by Gasteiger charge is 2.69. The van der Waals surface area contributed by atoms with E-state index in [2.05, 4.69) is 59.0 Å². The van der Waals surface area contributed by atoms with Gasteiger partial charge in [-0.05, 0) is 184 Å². The third kappa shape index (κ3) is 9.85. The number of imide groups is 1. The summed E-state index contributed by atoms with van der Waals surface area (Å²) in [4.78, 5) is 59.3. The van der Waals surface area contributed by atoms with Crippen LogP contribution in [0.2, 0.25) is 0 Å². The van der Waals surface area contributed by atoms with E-state index in [1.165, 1.54) is 29.9 Å². The molecule has 16 atom stereocenters. The average molecular weight is 1130 g/mol. The standard InChI is InChI=1S/C65H84N4O9S2/c1-2-64(24-5-6-25-64)32-51-48-16-15-46-45-22-26-65(58(46)57(48)62(75)77-51)52-19-17-47(43-14-12-37-28-39(35-71)29-38(34-70)8-7-10-41(43)30-37)61(68-50-18-13-40-9-3-4-11-44(40)60(50)74)80-79-36-67-53-31-42(23-27-66-53)49(56(45)59(65)63(76)78-52)33-69-54(72)20-21-55(69)73/h19-21,23,31-32,37-41,43-47,49-50,58,60-61,66-68,70-71,74H,2-6,9-18,22,24-30,33-36H2,1H3/b51-32-,52-19-/t37-,38+,39+,40+,41+,43+,44+,45-,46-,47-,49-,50+,58+,60+,61-,65-/m0/s1. The minimum Gasteiger partial charge on any atom is -0.427 e. The molecule has 6 fully saturated rings. The zero-order chi connectivity index (χ0) is 54.9. The van der Waals surface area contributed by atoms with Gasteiger partial charge in [-0.25, -0.2) is 9.59 Å². The number of nitrogens with zero attached hydrogens (tertiary/aromatic N) is 1. The van der Waals surface area contributed by atoms with E-state index < -0.39 is 23.4 Å². The van der Waals surface area contributed by atoms with Gasteiger partial charge in [0.05, 0.1) is 40.8 Å². The number of aliphatic hydroxyl groups is 3. The number of ether oxygens (including phenoxy) is 2. The van der Waals surface area contributed by atoms with Crippen LogP contribution in [0.1, 0.15) is 148 Å². The molecule has 6 N–H and O–H groups in total. The second-order valence-electron chi connectivity index (χ2n) is 26.5. The lowest BCUT2D eigenvalue weighted by Gasteiger charge is -2.57. The minimum atomic E-state index is -0.995. The molecule has 14 aliphatic rings. The van der Waals surface area contributed by atoms with Gasteiger partial charge in [-0.3, -0.25) is 19.8 Å². The Hall–Kier alpha value is -4.04. The minimum absolute atomic E-state index is 0.0123. The average Bonchev–Trinajstić information content (AvgIpc) is 3.70. The lowest BCUT2D eigenvalue weighted by molar-refractivity contribution is -0.138. The Morgan fingerprint density at radius 2 is 1.68 bits per heavy atom. The molecule has 13 nitrogen and oxygen atoms in total. The summed E-state index contributed by atoms with van der Waals surface area (Å²) in [7, 11) is 3.61. The fourth-order valence-electron chi connectivity index (χ4n) is 18.9. The topological polar surface area (TPSA) is 187 Å². The van der Waals surface area contributed by atoms with Gasteiger partial charge in [-0.2, -0.15) is 0 Å². The normalized spacial score (nSPS) is 41.5. The first kappa shape index (κ1) is 55.2. The SMILES string of the molecule is CCC1(/C=C2\OC(=O)C3=C2CC[C@H]2[C@@H]4CC[C@@]5(C6=C4[C@@H](CN4C(=O)C=CC4=O)C4=CCNC(=C4)NCSS[C@H](N[C@@H]4CC[C@H]7CCCC[C@H]7[C@H]4O)[C@H]([C@@H]4CC[C@H]7C[C@@H](CO)C[C@H](CO)C#CC[C@@H]4C7)C/C=C/5OC6=O)[C@@H]32)CCCC1. The largest absolute Gasteiger partial charge is 0.427 e. The van der Waals surface area contributed by atoms with Crippen LogP contribution in [0.4, 0.5) is 0 Å². The van der Waals surface area contributed by atoms with Gasteiger partial charge in [0.2, 0.25) is 0 Å². The fourth-order valence-corrected chi connectivity index (χ4v) is 21.5. The van der Waals surface area contributed by atoms with E-state index in [-0.39, 0.29) is 108 Å². The molecule has 5 saturated carbocycles. The van der Waals surface area contributed by atoms with E-state index >= 15 is 9.59 Å². The lowest BCUT2D eigenvalue weighted by Crippen LogP contribution is -2.55. The molecule has 9 bridgehead atoms. The van der Waals surface area contributed by atoms with E-state index in [9.17, 15) is 24.9 Å². The number of allylic oxidation sites excluding steroid dienone is 5. The van der Waals surface area contributed by atoms with E-state index in [0.29, 0.717) is 73.3 Å². The van der Waals surface area contributed by atoms with Crippen molar-refractivity contribution in [1.82, 2.24) is 20.9 Å². The van der Waals surface area contributed by atoms with Crippen LogP contribution in [0.5, 0.6) is 0 Å². The Labute approximate surface area is 481 Å². The van der Waals surface area contributed by atoms with Gasteiger partial charge in [0.1, 0.15) is 11.5 Å². The number of hydrogen-bond acceptors (Lipinski definition) is 14. The number of fused-ring (bicyclic) bond motifs is 5. The van der Waals surface area contributed by atoms with Crippen LogP contribution in [-0.4, -0.2) is 93.7 Å². The van der Waals surface area contributed by atoms with Crippen LogP contribution >= 0.6 is 21.6 Å². The van der Waals surface area contributed by atoms with Gasteiger partial charge in [-0.15, -0.1) is 5.92 Å². The maximum Gasteiger partial charge on any atom is 0.340 e. The van der Waals surface area contributed by atoms with Crippen molar-refractivity contribution in [2.75, 3.05) is 32.2 Å². The molecular formula is C65H84N4O9S2. The summed E-state index contributed by atoms with van der Waals surface area (Å²) in [5.41, 5.74) is 3.19. The molecular weight excluding hydrogens is 1040 g/mol. The van der Waals surface area contributed by atoms with Crippen molar-refractivity contribution in [3.63, 3.8) is 0 Å². The summed E-state index contributed by atoms with van der Waals surface area (Å²) < 4.78 is 13.5. The van der Waals surface area contributed by atoms with E-state index in [4.69, 9.17) is 9.47 Å². The highest BCUT2D eigenvalue weighted by molar-refractivity contribution is 8.76. The number of hydrogen-bond donors (Lipinski definition) is 6. The second kappa shape index (κ2) is 22.8. The van der Waals surface area contributed by atoms with Crippen molar-refractivity contribution < 1.29 is 44.0 Å². The molecule has 1 spiro atoms. The van der Waals surface area contributed by atoms with Crippen LogP contribution < -0.4 is 16.0 Å². The highest BCUT2D eigenvalue weighted by atomic mass is 33.1. The summed E-state index contributed by atoms with van der Waals surface area (Å²) in [5.74, 6) is 9.02. The Kier molecular flexibility index (Phi) is 15.8. The fraction of sp³-hybridized carbons (Fsp3) is 0.692. The molecule has 2 amide bonds. The maximum atomic E-state index is 15.7. The molecule has 0 radical (unpaired) electrons. The number of rotatable bonds is 9. The number of cyclic esters (lactones) is 1. The number of carbonyl (C=O) groups excluding carboxylic acids is 4. The third-order valence-electron chi connectivity index (χ3n) is 22.8. The zero-order valence-electron chi connectivity index (χ0n) is 46.8. The van der Waals surface area contributed by atoms with Crippen molar-refractivity contribution >= 4 is 45.3 Å². The molecule has 5 aliphatic heterocycles. The molecule has 80 heavy (non-hydrogen) atoms. The van der Waals surface area contributed by atoms with Gasteiger partial charge in [0, 0.05) is 73.2 Å². The first-order chi connectivity index (χ1) is 39.0. The number of esters is 2. The van der Waals surface area contributed by atoms with Gasteiger partial charge < -0.3 is 35.4 Å². The molecule has 9 aliphatic carbocycles. The number of carbonyl (C=O) groups is 4. The predicted molar refractivity (Wildman–Crippen MR) is 308 cm³/mol. The van der Waals surface area contributed by atoms with E-state index in [1.54, 1.807) is 10.8 Å². The number of dihydropyridines is 1. The Morgan fingerprint density at radius 1 is 0.838 bits per heavy atom. The van der Waals surface area contributed by atoms with Crippen LogP contribution in [0.15, 0.2) is 81.7 Å². The molecule has 0 unspecified atom stereocenters. The quantitative estimate of drug-likeness (QED) is 0.0555. The Morgan fingerprint density at radius 3 is 2.49 bits per heavy atom. The van der Waals surface area contributed by atoms with Crippen molar-refractivity contribution in [3.05, 3.63) is 81.7 Å². The molecule has 5 heterocycles. The Bertz CT molecular complexity index is 2780. The van der Waals surface area contributed by atoms with Gasteiger partial charge >= 0.3 is 11.9 Å². The molecule has 0 aromatic rings. The van der Waals surface area contributed by atoms with Crippen molar-refractivity contribution in [2.45, 2.75) is 166 Å². The van der Waals surface area contributed by atoms with Crippen LogP contribution in [-0.2, 0) is 28.7 Å². The van der Waals surface area contributed by atoms with Crippen LogP contribution in [0, 0.1) is 93.7 Å². The van der Waals surface area contributed by atoms with E-state index in [1.807, 2.05) is 10.8 Å². The third-order valence-corrected chi connectivity index (χ3v) is 25.2. The first-order valence-electron chi connectivity index (χ1n) is 31.2. The van der Waals surface area contributed by atoms with Crippen molar-refractivity contribution in [3.8, 4) is 11.8 Å². The van der Waals surface area contributed by atoms with Crippen molar-refractivity contribution in [1.29, 1.82) is 0 Å². The molecule has 0 aromatic carbocycles. The number of nitrogens with one attached hydrogen (secondary N) is 3. The predicted octanol–water partition coefficient (Wildman–Crippen LogP) is 9.41. The summed E-state index contributed by atoms with van der Waals surface area (Å²) in [6.45, 7) is 2.90. The molecule has 430 valence electrons. The number of amides is 2. The summed E-state index contributed by atoms with van der Waals surface area (Å²) in [5, 5.41) is 44.9. The lowest BCUT2D eigenvalue weighted by atomic mass is 9.43. The number of aliphatic hydroxyl groups excluding tert-OH is 3. The smallest absolute Gasteiger partial charge is 0.340 e. The summed E-state index contributed by atoms with van der Waals surface area (Å²) in [6.07, 6.45) is 31.9. The van der Waals surface area contributed by atoms with Crippen LogP contribution in [0.3, 0.4) is 0 Å². The molecule has 0 aromatic heterocycles. The summed E-state index contributed by atoms with van der Waals surface area (Å²) >= 11 is 0. The van der Waals surface area contributed by atoms with Crippen molar-refractivity contribution in [2.24, 2.45) is 81.8 Å². The molecule has 1 saturated heterocycles. The van der Waals surface area contributed by atoms with E-state index in [0.717, 1.165) is 125 Å². The second-order valence-corrected chi connectivity index (χ2v) is 29.1. The summed E-state index contributed by atoms with van der Waals surface area (Å²) in [6, 6.07) is -0.0810. The Balaban J connectivity index is 0.973.